The van der Waals surface area contributed by atoms with E-state index in [0.717, 1.165) is 21.6 Å². The third-order valence-corrected chi connectivity index (χ3v) is 16.0. The quantitative estimate of drug-likeness (QED) is 0.0215. The summed E-state index contributed by atoms with van der Waals surface area (Å²) in [5.74, 6) is -12.5. The minimum Gasteiger partial charge on any atom is -0.480 e. The molecule has 83 heavy (non-hydrogen) atoms. The van der Waals surface area contributed by atoms with Gasteiger partial charge in [0.25, 0.3) is 0 Å². The Morgan fingerprint density at radius 2 is 0.843 bits per heavy atom. The third kappa shape index (κ3) is 27.4. The molecule has 32 heteroatoms. The average molecular weight is 1210 g/mol. The predicted molar refractivity (Wildman–Crippen MR) is 321 cm³/mol. The number of amides is 9. The Labute approximate surface area is 494 Å². The molecule has 0 aromatic carbocycles. The first-order valence-corrected chi connectivity index (χ1v) is 30.5. The zero-order valence-electron chi connectivity index (χ0n) is 49.6. The summed E-state index contributed by atoms with van der Waals surface area (Å²) in [6.07, 6.45) is 1.02. The number of hydrogen-bond donors (Lipinski definition) is 17. The number of hydrogen-bond acceptors (Lipinski definition) is 16. The number of guanidine groups is 3. The molecule has 0 saturated carbocycles. The summed E-state index contributed by atoms with van der Waals surface area (Å²) in [7, 11) is 2.00. The Kier molecular flexibility index (Phi) is 34.1. The Hall–Kier alpha value is -6.83. The van der Waals surface area contributed by atoms with E-state index in [9.17, 15) is 53.1 Å². The first-order chi connectivity index (χ1) is 38.9. The first-order valence-electron chi connectivity index (χ1n) is 28.0. The van der Waals surface area contributed by atoms with Crippen LogP contribution in [0.25, 0.3) is 0 Å². The second-order valence-electron chi connectivity index (χ2n) is 21.5. The highest BCUT2D eigenvalue weighted by atomic mass is 33.1. The topological polar surface area (TPSA) is 518 Å². The van der Waals surface area contributed by atoms with Crippen molar-refractivity contribution in [2.75, 3.05) is 31.1 Å². The monoisotopic (exact) mass is 1210 g/mol. The fourth-order valence-corrected chi connectivity index (χ4v) is 10.4. The third-order valence-electron chi connectivity index (χ3n) is 13.6. The van der Waals surface area contributed by atoms with Gasteiger partial charge in [-0.3, -0.25) is 58.1 Å². The highest BCUT2D eigenvalue weighted by Crippen LogP contribution is 2.24. The fourth-order valence-electron chi connectivity index (χ4n) is 8.12. The predicted octanol–water partition coefficient (Wildman–Crippen LogP) is -3.62. The van der Waals surface area contributed by atoms with Crippen molar-refractivity contribution in [3.05, 3.63) is 0 Å². The van der Waals surface area contributed by atoms with Gasteiger partial charge >= 0.3 is 5.97 Å². The molecule has 472 valence electrons. The molecule has 1 aliphatic heterocycles. The van der Waals surface area contributed by atoms with E-state index < -0.39 is 149 Å². The molecule has 0 aromatic heterocycles. The molecule has 1 rings (SSSR count). The lowest BCUT2D eigenvalue weighted by molar-refractivity contribution is -0.142. The van der Waals surface area contributed by atoms with Gasteiger partial charge in [0, 0.05) is 31.1 Å². The number of carboxylic acid groups (broad SMARTS) is 1. The molecular weight excluding hydrogens is 1120 g/mol. The van der Waals surface area contributed by atoms with Crippen molar-refractivity contribution < 1.29 is 53.1 Å². The summed E-state index contributed by atoms with van der Waals surface area (Å²) in [4.78, 5) is 152. The number of aliphatic carboxylic acids is 1. The van der Waals surface area contributed by atoms with Gasteiger partial charge in [-0.25, -0.2) is 4.79 Å². The summed E-state index contributed by atoms with van der Waals surface area (Å²) in [5, 5.41) is 34.3. The van der Waals surface area contributed by atoms with Gasteiger partial charge in [0.15, 0.2) is 17.9 Å². The van der Waals surface area contributed by atoms with E-state index in [0.29, 0.717) is 12.8 Å². The molecule has 4 unspecified atom stereocenters. The molecule has 0 aliphatic carbocycles. The lowest BCUT2D eigenvalue weighted by atomic mass is 9.94. The minimum absolute atomic E-state index is 0.0208. The van der Waals surface area contributed by atoms with Crippen LogP contribution in [0.1, 0.15) is 121 Å². The smallest absolute Gasteiger partial charge is 0.326 e. The van der Waals surface area contributed by atoms with Gasteiger partial charge in [0.1, 0.15) is 54.4 Å². The van der Waals surface area contributed by atoms with Gasteiger partial charge in [-0.15, -0.1) is 0 Å². The Bertz CT molecular complexity index is 2260. The van der Waals surface area contributed by atoms with Crippen LogP contribution in [0, 0.1) is 29.6 Å². The molecular formula is C51H95N19O11S2. The van der Waals surface area contributed by atoms with Crippen molar-refractivity contribution in [3.63, 3.8) is 0 Å². The summed E-state index contributed by atoms with van der Waals surface area (Å²) >= 11 is 0. The van der Waals surface area contributed by atoms with E-state index in [1.54, 1.807) is 69.2 Å². The molecule has 24 N–H and O–H groups in total. The van der Waals surface area contributed by atoms with Crippen LogP contribution in [0.2, 0.25) is 0 Å². The second kappa shape index (κ2) is 38.1. The molecule has 12 atom stereocenters. The van der Waals surface area contributed by atoms with E-state index >= 15 is 0 Å². The zero-order valence-corrected chi connectivity index (χ0v) is 51.2. The highest BCUT2D eigenvalue weighted by Gasteiger charge is 2.39. The van der Waals surface area contributed by atoms with Crippen LogP contribution in [-0.2, 0) is 47.9 Å². The molecule has 1 fully saturated rings. The fraction of sp³-hybridized carbons (Fsp3) is 0.745. The molecule has 0 radical (unpaired) electrons. The van der Waals surface area contributed by atoms with Crippen LogP contribution in [-0.4, -0.2) is 174 Å². The van der Waals surface area contributed by atoms with Crippen molar-refractivity contribution in [2.24, 2.45) is 84.7 Å². The average Bonchev–Trinajstić information content (AvgIpc) is 3.50. The van der Waals surface area contributed by atoms with Crippen LogP contribution in [0.3, 0.4) is 0 Å². The van der Waals surface area contributed by atoms with Crippen LogP contribution < -0.4 is 88.0 Å². The largest absolute Gasteiger partial charge is 0.480 e. The lowest BCUT2D eigenvalue weighted by Crippen LogP contribution is -2.63. The maximum Gasteiger partial charge on any atom is 0.326 e. The van der Waals surface area contributed by atoms with Gasteiger partial charge in [0.05, 0.1) is 6.04 Å². The zero-order chi connectivity index (χ0) is 63.3. The Morgan fingerprint density at radius 1 is 0.506 bits per heavy atom. The summed E-state index contributed by atoms with van der Waals surface area (Å²) in [6.45, 7) is 17.1. The Morgan fingerprint density at radius 3 is 1.24 bits per heavy atom. The maximum atomic E-state index is 14.5. The molecule has 0 bridgehead atoms. The van der Waals surface area contributed by atoms with Crippen LogP contribution in [0.15, 0.2) is 15.0 Å². The maximum absolute atomic E-state index is 14.5. The number of nitrogens with one attached hydrogen (secondary N) is 9. The number of aliphatic imine (C=N–C) groups is 3. The van der Waals surface area contributed by atoms with Gasteiger partial charge < -0.3 is 93.1 Å². The van der Waals surface area contributed by atoms with Crippen molar-refractivity contribution in [1.29, 1.82) is 0 Å². The van der Waals surface area contributed by atoms with E-state index in [1.165, 1.54) is 0 Å². The minimum atomic E-state index is -1.47. The highest BCUT2D eigenvalue weighted by molar-refractivity contribution is 8.76. The van der Waals surface area contributed by atoms with Crippen molar-refractivity contribution in [2.45, 2.75) is 181 Å². The lowest BCUT2D eigenvalue weighted by Gasteiger charge is -2.32. The van der Waals surface area contributed by atoms with Gasteiger partial charge in [-0.05, 0) is 68.1 Å². The number of nitrogens with two attached hydrogens (primary N) is 7. The SMILES string of the molecule is CC[C@H](C)C1NC(=O)[C@H](CCCN=C(N)N)NC(=O)[C@@H](N)CSSCC(C(=O)N[C@@H](CCCN=C(N)N)C(=O)O)NC(=O)[C@H](C(C)C)NC(=O)C(CCCN=C(N)N)NC(=O)[C@H]([C@@H](C)CC)NC(=O)C(C(C)C)NC(=O)[C@H](C(C)C)NC1=O. The normalized spacial score (nSPS) is 24.7. The molecule has 1 aliphatic rings. The van der Waals surface area contributed by atoms with Crippen molar-refractivity contribution in [3.8, 4) is 0 Å². The van der Waals surface area contributed by atoms with Crippen LogP contribution in [0.4, 0.5) is 0 Å². The molecule has 0 spiro atoms. The van der Waals surface area contributed by atoms with Gasteiger partial charge in [-0.2, -0.15) is 0 Å². The second-order valence-corrected chi connectivity index (χ2v) is 24.1. The van der Waals surface area contributed by atoms with Gasteiger partial charge in [0.2, 0.25) is 53.2 Å². The first kappa shape index (κ1) is 74.2. The molecule has 0 aromatic rings. The number of carboxylic acids is 1. The van der Waals surface area contributed by atoms with Crippen molar-refractivity contribution >= 4 is 98.6 Å². The van der Waals surface area contributed by atoms with Crippen LogP contribution >= 0.6 is 21.6 Å². The number of carbonyl (C=O) groups excluding carboxylic acids is 9. The molecule has 1 saturated heterocycles. The molecule has 30 nitrogen and oxygen atoms in total. The Balaban J connectivity index is 4.10. The molecule has 9 amide bonds. The van der Waals surface area contributed by atoms with E-state index in [1.807, 2.05) is 0 Å². The van der Waals surface area contributed by atoms with Crippen LogP contribution in [0.5, 0.6) is 0 Å². The summed E-state index contributed by atoms with van der Waals surface area (Å²) in [6, 6.07) is -13.3. The van der Waals surface area contributed by atoms with E-state index in [4.69, 9.17) is 40.1 Å². The standard InChI is InChI=1S/C51H95N19O11S2/c1-11-27(9)37-46(78)63-31(17-14-20-60-50(55)56)40(72)66-34(24(3)4)43(75)65-33(42(74)64-32(48(80)81)18-15-21-61-51(57)58)23-83-82-22-29(52)39(71)62-30(16-13-19-59-49(53)54)41(73)69-38(28(10)12-2)47(79)68-35(25(5)6)44(76)67-36(26(7)8)45(77)70-37/h24-38H,11-23,52H2,1-10H3,(H,62,71)(H,63,78)(H,64,74)(H,65,75)(H,66,72)(H,67,76)(H,68,79)(H,69,73)(H,70,77)(H,80,81)(H4,53,54,59)(H4,55,56,60)(H4,57,58,61)/t27-,28-,29-,30-,31?,32-,33?,34-,35-,36?,37-,38?/m0/s1. The number of carbonyl (C=O) groups is 10. The van der Waals surface area contributed by atoms with Crippen molar-refractivity contribution in [1.82, 2.24) is 47.9 Å². The number of nitrogens with zero attached hydrogens (tertiary/aromatic N) is 3. The van der Waals surface area contributed by atoms with Gasteiger partial charge in [-0.1, -0.05) is 104 Å². The summed E-state index contributed by atoms with van der Waals surface area (Å²) < 4.78 is 0. The summed E-state index contributed by atoms with van der Waals surface area (Å²) in [5.41, 5.74) is 39.4. The number of rotatable bonds is 22. The molecule has 1 heterocycles. The van der Waals surface area contributed by atoms with E-state index in [2.05, 4.69) is 62.8 Å². The van der Waals surface area contributed by atoms with E-state index in [-0.39, 0.29) is 87.5 Å².